The van der Waals surface area contributed by atoms with Gasteiger partial charge in [0.1, 0.15) is 5.75 Å². The zero-order chi connectivity index (χ0) is 12.5. The number of hydrogen-bond donors (Lipinski definition) is 0. The summed E-state index contributed by atoms with van der Waals surface area (Å²) in [5.74, 6) is 0.232. The van der Waals surface area contributed by atoms with Crippen molar-refractivity contribution in [3.05, 3.63) is 30.5 Å². The van der Waals surface area contributed by atoms with Crippen molar-refractivity contribution in [2.75, 3.05) is 0 Å². The summed E-state index contributed by atoms with van der Waals surface area (Å²) >= 11 is 0. The third kappa shape index (κ3) is 2.07. The first-order valence-corrected chi connectivity index (χ1v) is 6.29. The second kappa shape index (κ2) is 4.59. The first kappa shape index (κ1) is 11.5. The van der Waals surface area contributed by atoms with Crippen LogP contribution in [0.2, 0.25) is 0 Å². The maximum atomic E-state index is 12.2. The minimum atomic E-state index is -2.77. The second-order valence-corrected chi connectivity index (χ2v) is 4.76. The van der Waals surface area contributed by atoms with Gasteiger partial charge in [0.05, 0.1) is 5.52 Å². The minimum absolute atomic E-state index is 0.232. The highest BCUT2D eigenvalue weighted by Gasteiger charge is 2.18. The summed E-state index contributed by atoms with van der Waals surface area (Å²) in [6, 6.07) is 7.66. The summed E-state index contributed by atoms with van der Waals surface area (Å²) in [5, 5.41) is 1.07. The average molecular weight is 251 g/mol. The summed E-state index contributed by atoms with van der Waals surface area (Å²) in [6.07, 6.45) is 6.88. The molecule has 1 aromatic carbocycles. The molecular weight excluding hydrogens is 236 g/mol. The molecule has 0 saturated heterocycles. The molecule has 18 heavy (non-hydrogen) atoms. The largest absolute Gasteiger partial charge is 0.435 e. The molecule has 3 rings (SSSR count). The van der Waals surface area contributed by atoms with Crippen LogP contribution in [0.15, 0.2) is 30.5 Å². The molecule has 4 heteroatoms. The van der Waals surface area contributed by atoms with Crippen LogP contribution in [0.25, 0.3) is 10.9 Å². The predicted octanol–water partition coefficient (Wildman–Crippen LogP) is 4.36. The lowest BCUT2D eigenvalue weighted by atomic mass is 10.2. The number of alkyl halides is 2. The highest BCUT2D eigenvalue weighted by atomic mass is 19.3. The van der Waals surface area contributed by atoms with Crippen LogP contribution in [-0.2, 0) is 0 Å². The van der Waals surface area contributed by atoms with Crippen LogP contribution in [0.5, 0.6) is 5.75 Å². The first-order chi connectivity index (χ1) is 8.74. The molecule has 0 spiro atoms. The Balaban J connectivity index is 1.99. The number of fused-ring (bicyclic) bond motifs is 1. The van der Waals surface area contributed by atoms with Crippen LogP contribution in [0.4, 0.5) is 8.78 Å². The lowest BCUT2D eigenvalue weighted by Gasteiger charge is -2.14. The number of rotatable bonds is 3. The van der Waals surface area contributed by atoms with Gasteiger partial charge in [0.2, 0.25) is 0 Å². The van der Waals surface area contributed by atoms with Gasteiger partial charge in [-0.1, -0.05) is 12.8 Å². The monoisotopic (exact) mass is 251 g/mol. The highest BCUT2D eigenvalue weighted by molar-refractivity contribution is 5.81. The summed E-state index contributed by atoms with van der Waals surface area (Å²) in [6.45, 7) is -2.77. The van der Waals surface area contributed by atoms with Gasteiger partial charge in [-0.05, 0) is 36.4 Å². The van der Waals surface area contributed by atoms with E-state index in [0.717, 1.165) is 10.9 Å². The zero-order valence-corrected chi connectivity index (χ0v) is 9.98. The van der Waals surface area contributed by atoms with Crippen LogP contribution < -0.4 is 4.74 Å². The van der Waals surface area contributed by atoms with E-state index >= 15 is 0 Å². The van der Waals surface area contributed by atoms with Crippen LogP contribution in [0, 0.1) is 0 Å². The van der Waals surface area contributed by atoms with Crippen molar-refractivity contribution in [1.82, 2.24) is 4.57 Å². The molecule has 1 aliphatic rings. The topological polar surface area (TPSA) is 14.2 Å². The maximum absolute atomic E-state index is 12.2. The smallest absolute Gasteiger partial charge is 0.387 e. The minimum Gasteiger partial charge on any atom is -0.435 e. The van der Waals surface area contributed by atoms with E-state index in [1.54, 1.807) is 12.1 Å². The molecule has 1 aromatic heterocycles. The Labute approximate surface area is 104 Å². The van der Waals surface area contributed by atoms with E-state index in [2.05, 4.69) is 9.30 Å². The van der Waals surface area contributed by atoms with Crippen LogP contribution in [-0.4, -0.2) is 11.2 Å². The van der Waals surface area contributed by atoms with E-state index < -0.39 is 6.61 Å². The Hall–Kier alpha value is -1.58. The SMILES string of the molecule is FC(F)Oc1ccc2ccn(C3CCCC3)c2c1. The summed E-state index contributed by atoms with van der Waals surface area (Å²) in [7, 11) is 0. The molecule has 0 bridgehead atoms. The average Bonchev–Trinajstić information content (AvgIpc) is 2.94. The third-order valence-electron chi connectivity index (χ3n) is 3.64. The van der Waals surface area contributed by atoms with Gasteiger partial charge in [-0.25, -0.2) is 0 Å². The zero-order valence-electron chi connectivity index (χ0n) is 9.98. The molecule has 1 aliphatic carbocycles. The standard InChI is InChI=1S/C14H15F2NO/c15-14(16)18-12-6-5-10-7-8-17(13(10)9-12)11-3-1-2-4-11/h5-9,11,14H,1-4H2. The van der Waals surface area contributed by atoms with Crippen LogP contribution in [0.1, 0.15) is 31.7 Å². The Morgan fingerprint density at radius 2 is 1.94 bits per heavy atom. The molecule has 1 heterocycles. The quantitative estimate of drug-likeness (QED) is 0.790. The lowest BCUT2D eigenvalue weighted by Crippen LogP contribution is -2.04. The fraction of sp³-hybridized carbons (Fsp3) is 0.429. The third-order valence-corrected chi connectivity index (χ3v) is 3.64. The predicted molar refractivity (Wildman–Crippen MR) is 66.1 cm³/mol. The number of aromatic nitrogens is 1. The summed E-state index contributed by atoms with van der Waals surface area (Å²) in [5.41, 5.74) is 0.986. The molecule has 0 atom stereocenters. The highest BCUT2D eigenvalue weighted by Crippen LogP contribution is 2.34. The Kier molecular flexibility index (Phi) is 2.94. The summed E-state index contributed by atoms with van der Waals surface area (Å²) in [4.78, 5) is 0. The van der Waals surface area contributed by atoms with Crippen molar-refractivity contribution in [3.63, 3.8) is 0 Å². The molecule has 96 valence electrons. The van der Waals surface area contributed by atoms with Gasteiger partial charge in [0.15, 0.2) is 0 Å². The number of hydrogen-bond acceptors (Lipinski definition) is 1. The molecule has 0 aliphatic heterocycles. The van der Waals surface area contributed by atoms with Crippen molar-refractivity contribution >= 4 is 10.9 Å². The number of halogens is 2. The van der Waals surface area contributed by atoms with E-state index in [4.69, 9.17) is 0 Å². The number of benzene rings is 1. The van der Waals surface area contributed by atoms with Crippen molar-refractivity contribution in [2.45, 2.75) is 38.3 Å². The first-order valence-electron chi connectivity index (χ1n) is 6.29. The van der Waals surface area contributed by atoms with Gasteiger partial charge in [0.25, 0.3) is 0 Å². The van der Waals surface area contributed by atoms with E-state index in [9.17, 15) is 8.78 Å². The van der Waals surface area contributed by atoms with E-state index in [1.165, 1.54) is 25.7 Å². The lowest BCUT2D eigenvalue weighted by molar-refractivity contribution is -0.0497. The maximum Gasteiger partial charge on any atom is 0.387 e. The number of nitrogens with zero attached hydrogens (tertiary/aromatic N) is 1. The van der Waals surface area contributed by atoms with E-state index in [1.807, 2.05) is 18.3 Å². The van der Waals surface area contributed by atoms with Gasteiger partial charge >= 0.3 is 6.61 Å². The van der Waals surface area contributed by atoms with Gasteiger partial charge in [-0.2, -0.15) is 8.78 Å². The molecule has 2 nitrogen and oxygen atoms in total. The van der Waals surface area contributed by atoms with Crippen molar-refractivity contribution in [2.24, 2.45) is 0 Å². The van der Waals surface area contributed by atoms with Gasteiger partial charge in [-0.3, -0.25) is 0 Å². The van der Waals surface area contributed by atoms with Crippen molar-refractivity contribution in [1.29, 1.82) is 0 Å². The van der Waals surface area contributed by atoms with Crippen LogP contribution in [0.3, 0.4) is 0 Å². The molecule has 0 N–H and O–H groups in total. The summed E-state index contributed by atoms with van der Waals surface area (Å²) < 4.78 is 31.1. The second-order valence-electron chi connectivity index (χ2n) is 4.76. The number of ether oxygens (including phenoxy) is 1. The van der Waals surface area contributed by atoms with Crippen LogP contribution >= 0.6 is 0 Å². The normalized spacial score (nSPS) is 16.8. The fourth-order valence-corrected chi connectivity index (χ4v) is 2.81. The van der Waals surface area contributed by atoms with E-state index in [-0.39, 0.29) is 5.75 Å². The molecule has 0 amide bonds. The molecular formula is C14H15F2NO. The molecule has 2 aromatic rings. The van der Waals surface area contributed by atoms with Crippen molar-refractivity contribution in [3.8, 4) is 5.75 Å². The molecule has 1 fully saturated rings. The Morgan fingerprint density at radius 1 is 1.17 bits per heavy atom. The van der Waals surface area contributed by atoms with Gasteiger partial charge < -0.3 is 9.30 Å². The van der Waals surface area contributed by atoms with Crippen molar-refractivity contribution < 1.29 is 13.5 Å². The fourth-order valence-electron chi connectivity index (χ4n) is 2.81. The van der Waals surface area contributed by atoms with Gasteiger partial charge in [-0.15, -0.1) is 0 Å². The van der Waals surface area contributed by atoms with Gasteiger partial charge in [0, 0.05) is 18.3 Å². The molecule has 0 radical (unpaired) electrons. The molecule has 0 unspecified atom stereocenters. The Morgan fingerprint density at radius 3 is 2.67 bits per heavy atom. The molecule has 1 saturated carbocycles. The Bertz CT molecular complexity index is 544. The van der Waals surface area contributed by atoms with E-state index in [0.29, 0.717) is 6.04 Å².